The molecule has 0 amide bonds. The summed E-state index contributed by atoms with van der Waals surface area (Å²) in [7, 11) is 0. The lowest BCUT2D eigenvalue weighted by atomic mass is 9.70. The third-order valence-electron chi connectivity index (χ3n) is 11.9. The van der Waals surface area contributed by atoms with Crippen molar-refractivity contribution in [3.8, 4) is 56.5 Å². The number of nitriles is 1. The Hall–Kier alpha value is -7.06. The highest BCUT2D eigenvalue weighted by Gasteiger charge is 2.52. The summed E-state index contributed by atoms with van der Waals surface area (Å²) in [6, 6.07) is 65.8. The lowest BCUT2D eigenvalue weighted by Crippen LogP contribution is -2.26. The normalized spacial score (nSPS) is 15.0. The van der Waals surface area contributed by atoms with Gasteiger partial charge in [0.2, 0.25) is 0 Å². The zero-order chi connectivity index (χ0) is 36.3. The van der Waals surface area contributed by atoms with Gasteiger partial charge in [0.25, 0.3) is 0 Å². The van der Waals surface area contributed by atoms with Gasteiger partial charge >= 0.3 is 0 Å². The van der Waals surface area contributed by atoms with Crippen molar-refractivity contribution in [2.24, 2.45) is 0 Å². The van der Waals surface area contributed by atoms with E-state index < -0.39 is 5.41 Å². The lowest BCUT2D eigenvalue weighted by molar-refractivity contribution is 0.795. The van der Waals surface area contributed by atoms with Crippen molar-refractivity contribution in [3.63, 3.8) is 0 Å². The van der Waals surface area contributed by atoms with Gasteiger partial charge in [-0.3, -0.25) is 4.57 Å². The Morgan fingerprint density at radius 3 is 2.05 bits per heavy atom. The third kappa shape index (κ3) is 4.00. The van der Waals surface area contributed by atoms with E-state index in [0.717, 1.165) is 33.7 Å². The van der Waals surface area contributed by atoms with Crippen molar-refractivity contribution in [2.75, 3.05) is 0 Å². The van der Waals surface area contributed by atoms with Crippen LogP contribution < -0.4 is 0 Å². The van der Waals surface area contributed by atoms with Crippen LogP contribution in [-0.2, 0) is 5.41 Å². The highest BCUT2D eigenvalue weighted by atomic mass is 32.1. The molecule has 3 nitrogen and oxygen atoms in total. The fourth-order valence-electron chi connectivity index (χ4n) is 9.64. The van der Waals surface area contributed by atoms with Gasteiger partial charge in [0.1, 0.15) is 5.82 Å². The Morgan fingerprint density at radius 2 is 1.22 bits per heavy atom. The Balaban J connectivity index is 1.22. The van der Waals surface area contributed by atoms with Crippen LogP contribution in [-0.4, -0.2) is 9.55 Å². The second-order valence-electron chi connectivity index (χ2n) is 14.5. The summed E-state index contributed by atoms with van der Waals surface area (Å²) in [4.78, 5) is 5.32. The van der Waals surface area contributed by atoms with E-state index in [9.17, 15) is 5.26 Å². The number of benzene rings is 8. The molecule has 8 aromatic carbocycles. The molecule has 0 saturated carbocycles. The van der Waals surface area contributed by atoms with Gasteiger partial charge in [0, 0.05) is 31.4 Å². The molecule has 0 N–H and O–H groups in total. The molecule has 4 heteroatoms. The number of aromatic nitrogens is 2. The van der Waals surface area contributed by atoms with E-state index >= 15 is 0 Å². The van der Waals surface area contributed by atoms with Crippen LogP contribution in [0.15, 0.2) is 176 Å². The van der Waals surface area contributed by atoms with Gasteiger partial charge in [-0.25, -0.2) is 4.98 Å². The summed E-state index contributed by atoms with van der Waals surface area (Å²) in [5.41, 5.74) is 16.9. The summed E-state index contributed by atoms with van der Waals surface area (Å²) in [5.74, 6) is 0.922. The van der Waals surface area contributed by atoms with Crippen molar-refractivity contribution < 1.29 is 0 Å². The number of fused-ring (bicyclic) bond motifs is 15. The molecule has 2 heterocycles. The van der Waals surface area contributed by atoms with Crippen LogP contribution in [0.1, 0.15) is 27.8 Å². The number of hydrogen-bond donors (Lipinski definition) is 0. The van der Waals surface area contributed by atoms with E-state index in [1.807, 2.05) is 23.5 Å². The highest BCUT2D eigenvalue weighted by Crippen LogP contribution is 2.65. The predicted octanol–water partition coefficient (Wildman–Crippen LogP) is 12.9. The fraction of sp³-hybridized carbons (Fsp3) is 0.0196. The second-order valence-corrected chi connectivity index (χ2v) is 15.6. The summed E-state index contributed by atoms with van der Waals surface area (Å²) in [5, 5.41) is 12.3. The maximum Gasteiger partial charge on any atom is 0.145 e. The van der Waals surface area contributed by atoms with Gasteiger partial charge in [0.05, 0.1) is 28.1 Å². The lowest BCUT2D eigenvalue weighted by Gasteiger charge is -2.31. The van der Waals surface area contributed by atoms with Gasteiger partial charge < -0.3 is 0 Å². The molecule has 254 valence electrons. The van der Waals surface area contributed by atoms with Crippen molar-refractivity contribution in [2.45, 2.75) is 5.41 Å². The SMILES string of the molecule is N#Cc1ccc(-c2cc3c(c4c2sc2ccccc24)-c2ccccc2C32c3ccccc3-c3ccc(-c4nc5ccccc5n4-c4ccccc4)cc32)cc1. The average Bonchev–Trinajstić information content (AvgIpc) is 3.99. The van der Waals surface area contributed by atoms with Gasteiger partial charge in [-0.05, 0) is 110 Å². The molecule has 0 radical (unpaired) electrons. The number of nitrogens with zero attached hydrogens (tertiary/aromatic N) is 3. The molecule has 1 unspecified atom stereocenters. The van der Waals surface area contributed by atoms with E-state index in [2.05, 4.69) is 174 Å². The first kappa shape index (κ1) is 30.4. The monoisotopic (exact) mass is 715 g/mol. The Kier molecular flexibility index (Phi) is 6.21. The molecule has 1 spiro atoms. The first-order valence-corrected chi connectivity index (χ1v) is 19.4. The van der Waals surface area contributed by atoms with Crippen molar-refractivity contribution in [3.05, 3.63) is 204 Å². The maximum absolute atomic E-state index is 9.69. The molecular formula is C51H29N3S. The summed E-state index contributed by atoms with van der Waals surface area (Å²) < 4.78 is 4.84. The number of imidazole rings is 1. The smallest absolute Gasteiger partial charge is 0.145 e. The summed E-state index contributed by atoms with van der Waals surface area (Å²) in [6.07, 6.45) is 0. The van der Waals surface area contributed by atoms with Gasteiger partial charge in [-0.1, -0.05) is 121 Å². The van der Waals surface area contributed by atoms with Crippen LogP contribution >= 0.6 is 11.3 Å². The van der Waals surface area contributed by atoms with Crippen molar-refractivity contribution in [1.29, 1.82) is 5.26 Å². The topological polar surface area (TPSA) is 41.6 Å². The minimum Gasteiger partial charge on any atom is -0.292 e. The zero-order valence-corrected chi connectivity index (χ0v) is 30.3. The van der Waals surface area contributed by atoms with E-state index in [1.165, 1.54) is 70.2 Å². The second kappa shape index (κ2) is 11.2. The molecule has 55 heavy (non-hydrogen) atoms. The van der Waals surface area contributed by atoms with Crippen LogP contribution in [0.4, 0.5) is 0 Å². The molecule has 0 bridgehead atoms. The molecule has 0 aliphatic heterocycles. The average molecular weight is 716 g/mol. The van der Waals surface area contributed by atoms with Crippen molar-refractivity contribution >= 4 is 42.5 Å². The molecule has 2 aliphatic carbocycles. The highest BCUT2D eigenvalue weighted by molar-refractivity contribution is 7.26. The van der Waals surface area contributed by atoms with Crippen LogP contribution in [0.25, 0.3) is 81.7 Å². The van der Waals surface area contributed by atoms with Crippen LogP contribution in [0.5, 0.6) is 0 Å². The summed E-state index contributed by atoms with van der Waals surface area (Å²) in [6.45, 7) is 0. The first-order chi connectivity index (χ1) is 27.2. The standard InChI is InChI=1S/C51H29N3S/c52-30-31-22-24-32(25-23-31)39-29-43-47(48-38-16-6-11-21-46(38)55-49(39)48)37-15-5-8-18-41(37)51(43)40-17-7-4-14-35(40)36-27-26-33(28-42(36)51)50-53-44-19-9-10-20-45(44)54(50)34-12-2-1-3-13-34/h1-29H. The van der Waals surface area contributed by atoms with E-state index in [1.54, 1.807) is 0 Å². The van der Waals surface area contributed by atoms with E-state index in [0.29, 0.717) is 5.56 Å². The van der Waals surface area contributed by atoms with Crippen LogP contribution in [0, 0.1) is 11.3 Å². The molecular weight excluding hydrogens is 687 g/mol. The number of rotatable bonds is 3. The molecule has 0 saturated heterocycles. The minimum atomic E-state index is -0.573. The molecule has 12 rings (SSSR count). The Bertz CT molecular complexity index is 3270. The first-order valence-electron chi connectivity index (χ1n) is 18.6. The quantitative estimate of drug-likeness (QED) is 0.183. The molecule has 10 aromatic rings. The van der Waals surface area contributed by atoms with Crippen molar-refractivity contribution in [1.82, 2.24) is 9.55 Å². The maximum atomic E-state index is 9.69. The molecule has 1 atom stereocenters. The summed E-state index contributed by atoms with van der Waals surface area (Å²) >= 11 is 1.86. The van der Waals surface area contributed by atoms with Crippen LogP contribution in [0.2, 0.25) is 0 Å². The number of hydrogen-bond acceptors (Lipinski definition) is 3. The molecule has 2 aliphatic rings. The van der Waals surface area contributed by atoms with Gasteiger partial charge in [-0.2, -0.15) is 5.26 Å². The predicted molar refractivity (Wildman–Crippen MR) is 226 cm³/mol. The van der Waals surface area contributed by atoms with Gasteiger partial charge in [0.15, 0.2) is 0 Å². The Morgan fingerprint density at radius 1 is 0.545 bits per heavy atom. The fourth-order valence-corrected chi connectivity index (χ4v) is 10.9. The van der Waals surface area contributed by atoms with E-state index in [4.69, 9.17) is 4.98 Å². The third-order valence-corrected chi connectivity index (χ3v) is 13.1. The Labute approximate surface area is 321 Å². The number of para-hydroxylation sites is 3. The molecule has 0 fully saturated rings. The van der Waals surface area contributed by atoms with Crippen LogP contribution in [0.3, 0.4) is 0 Å². The molecule has 2 aromatic heterocycles. The zero-order valence-electron chi connectivity index (χ0n) is 29.5. The van der Waals surface area contributed by atoms with Gasteiger partial charge in [-0.15, -0.1) is 11.3 Å². The largest absolute Gasteiger partial charge is 0.292 e. The number of thiophene rings is 1. The minimum absolute atomic E-state index is 0.573. The van der Waals surface area contributed by atoms with E-state index in [-0.39, 0.29) is 0 Å².